The van der Waals surface area contributed by atoms with E-state index in [4.69, 9.17) is 15.6 Å². The average molecular weight is 436 g/mol. The van der Waals surface area contributed by atoms with Crippen LogP contribution in [0.4, 0.5) is 0 Å². The Morgan fingerprint density at radius 3 is 2.58 bits per heavy atom. The van der Waals surface area contributed by atoms with Crippen molar-refractivity contribution in [3.63, 3.8) is 0 Å². The third kappa shape index (κ3) is 5.69. The quantitative estimate of drug-likeness (QED) is 0.405. The molecule has 0 unspecified atom stereocenters. The lowest BCUT2D eigenvalue weighted by Gasteiger charge is -2.47. The van der Waals surface area contributed by atoms with Crippen molar-refractivity contribution in [2.75, 3.05) is 19.7 Å². The van der Waals surface area contributed by atoms with Crippen molar-refractivity contribution < 1.29 is 29.4 Å². The van der Waals surface area contributed by atoms with E-state index in [9.17, 15) is 24.3 Å². The van der Waals surface area contributed by atoms with Gasteiger partial charge in [-0.1, -0.05) is 6.07 Å². The van der Waals surface area contributed by atoms with Gasteiger partial charge in [0.15, 0.2) is 0 Å². The SMILES string of the molecule is CC(=O)N[C@@H](CCC(N)=O)C(=O)N1C[C@H]2C[C@@H](C1)[C@H](CO)n1c2cccc1=O.O=CO. The van der Waals surface area contributed by atoms with Gasteiger partial charge in [0.05, 0.1) is 12.6 Å². The number of primary amides is 1. The number of likely N-dealkylation sites (tertiary alicyclic amines) is 1. The van der Waals surface area contributed by atoms with Gasteiger partial charge < -0.3 is 30.7 Å². The molecule has 31 heavy (non-hydrogen) atoms. The number of carbonyl (C=O) groups is 4. The highest BCUT2D eigenvalue weighted by Gasteiger charge is 2.42. The van der Waals surface area contributed by atoms with Crippen molar-refractivity contribution in [3.8, 4) is 0 Å². The number of aliphatic hydroxyl groups is 1. The molecule has 1 aromatic heterocycles. The smallest absolute Gasteiger partial charge is 0.290 e. The number of hydrogen-bond acceptors (Lipinski definition) is 6. The van der Waals surface area contributed by atoms with E-state index in [1.807, 2.05) is 6.07 Å². The molecule has 0 spiro atoms. The number of amides is 3. The summed E-state index contributed by atoms with van der Waals surface area (Å²) in [5.41, 5.74) is 5.86. The number of hydrogen-bond donors (Lipinski definition) is 4. The van der Waals surface area contributed by atoms with Crippen LogP contribution in [0.5, 0.6) is 0 Å². The second-order valence-electron chi connectivity index (χ2n) is 7.71. The fraction of sp³-hybridized carbons (Fsp3) is 0.550. The van der Waals surface area contributed by atoms with Gasteiger partial charge in [0.1, 0.15) is 6.04 Å². The summed E-state index contributed by atoms with van der Waals surface area (Å²) in [7, 11) is 0. The van der Waals surface area contributed by atoms with Crippen LogP contribution in [-0.2, 0) is 19.2 Å². The molecule has 0 radical (unpaired) electrons. The first-order chi connectivity index (χ1) is 14.7. The zero-order valence-corrected chi connectivity index (χ0v) is 17.3. The monoisotopic (exact) mass is 436 g/mol. The molecule has 0 aromatic carbocycles. The maximum Gasteiger partial charge on any atom is 0.290 e. The van der Waals surface area contributed by atoms with E-state index in [-0.39, 0.29) is 61.2 Å². The predicted molar refractivity (Wildman–Crippen MR) is 109 cm³/mol. The number of nitrogens with zero attached hydrogens (tertiary/aromatic N) is 2. The number of carboxylic acid groups (broad SMARTS) is 1. The van der Waals surface area contributed by atoms with Crippen LogP contribution in [0, 0.1) is 5.92 Å². The van der Waals surface area contributed by atoms with Gasteiger partial charge in [-0.15, -0.1) is 0 Å². The second-order valence-corrected chi connectivity index (χ2v) is 7.71. The van der Waals surface area contributed by atoms with Crippen molar-refractivity contribution in [2.24, 2.45) is 11.7 Å². The molecule has 1 aromatic rings. The van der Waals surface area contributed by atoms with Crippen LogP contribution in [0.3, 0.4) is 0 Å². The summed E-state index contributed by atoms with van der Waals surface area (Å²) in [6.07, 6.45) is 0.915. The predicted octanol–water partition coefficient (Wildman–Crippen LogP) is -1.20. The molecule has 5 N–H and O–H groups in total. The molecule has 3 heterocycles. The van der Waals surface area contributed by atoms with Crippen LogP contribution in [-0.4, -0.2) is 69.6 Å². The molecule has 2 aliphatic heterocycles. The number of carbonyl (C=O) groups excluding carboxylic acids is 3. The van der Waals surface area contributed by atoms with Gasteiger partial charge in [0, 0.05) is 50.0 Å². The minimum Gasteiger partial charge on any atom is -0.483 e. The maximum absolute atomic E-state index is 13.1. The summed E-state index contributed by atoms with van der Waals surface area (Å²) in [6, 6.07) is 3.82. The maximum atomic E-state index is 13.1. The molecule has 4 atom stereocenters. The van der Waals surface area contributed by atoms with E-state index in [0.717, 1.165) is 12.1 Å². The summed E-state index contributed by atoms with van der Waals surface area (Å²) in [5.74, 6) is -1.24. The normalized spacial score (nSPS) is 22.3. The average Bonchev–Trinajstić information content (AvgIpc) is 2.71. The molecule has 2 bridgehead atoms. The molecule has 0 saturated carbocycles. The lowest BCUT2D eigenvalue weighted by atomic mass is 9.78. The lowest BCUT2D eigenvalue weighted by molar-refractivity contribution is -0.139. The van der Waals surface area contributed by atoms with Gasteiger partial charge in [-0.25, -0.2) is 0 Å². The van der Waals surface area contributed by atoms with Crippen LogP contribution in [0.2, 0.25) is 0 Å². The first kappa shape index (κ1) is 24.1. The van der Waals surface area contributed by atoms with Crippen molar-refractivity contribution >= 4 is 24.2 Å². The Bertz CT molecular complexity index is 885. The van der Waals surface area contributed by atoms with Crippen LogP contribution < -0.4 is 16.6 Å². The molecular weight excluding hydrogens is 408 g/mol. The molecule has 1 saturated heterocycles. The van der Waals surface area contributed by atoms with Gasteiger partial charge in [0.2, 0.25) is 17.7 Å². The van der Waals surface area contributed by atoms with Crippen LogP contribution in [0.15, 0.2) is 23.0 Å². The highest BCUT2D eigenvalue weighted by atomic mass is 16.3. The van der Waals surface area contributed by atoms with E-state index in [1.165, 1.54) is 13.0 Å². The standard InChI is InChI=1S/C19H26N4O5.CH2O2/c1-11(25)21-14(5-6-17(20)26)19(28)22-8-12-7-13(9-22)16(10-24)23-15(12)3-2-4-18(23)27;2-1-3/h2-4,12-14,16,24H,5-10H2,1H3,(H2,20,26)(H,21,25);1H,(H,2,3)/t12-,13+,14+,16+;/m1./s1. The van der Waals surface area contributed by atoms with E-state index >= 15 is 0 Å². The van der Waals surface area contributed by atoms with Gasteiger partial charge in [0.25, 0.3) is 12.0 Å². The number of pyridine rings is 1. The number of rotatable bonds is 6. The van der Waals surface area contributed by atoms with Crippen molar-refractivity contribution in [2.45, 2.75) is 44.2 Å². The molecule has 0 aliphatic carbocycles. The Morgan fingerprint density at radius 2 is 2.00 bits per heavy atom. The van der Waals surface area contributed by atoms with Crippen molar-refractivity contribution in [3.05, 3.63) is 34.2 Å². The topological polar surface area (TPSA) is 172 Å². The van der Waals surface area contributed by atoms with E-state index in [0.29, 0.717) is 13.1 Å². The number of aliphatic hydroxyl groups excluding tert-OH is 1. The molecule has 11 nitrogen and oxygen atoms in total. The number of nitrogens with two attached hydrogens (primary N) is 1. The third-order valence-corrected chi connectivity index (χ3v) is 5.65. The number of fused-ring (bicyclic) bond motifs is 4. The summed E-state index contributed by atoms with van der Waals surface area (Å²) >= 11 is 0. The minimum atomic E-state index is -0.825. The van der Waals surface area contributed by atoms with E-state index in [1.54, 1.807) is 15.5 Å². The molecule has 3 rings (SSSR count). The third-order valence-electron chi connectivity index (χ3n) is 5.65. The highest BCUT2D eigenvalue weighted by molar-refractivity contribution is 5.87. The van der Waals surface area contributed by atoms with Gasteiger partial charge >= 0.3 is 0 Å². The molecule has 11 heteroatoms. The summed E-state index contributed by atoms with van der Waals surface area (Å²) < 4.78 is 1.65. The van der Waals surface area contributed by atoms with Crippen molar-refractivity contribution in [1.29, 1.82) is 0 Å². The van der Waals surface area contributed by atoms with Gasteiger partial charge in [-0.05, 0) is 18.9 Å². The van der Waals surface area contributed by atoms with E-state index < -0.39 is 11.9 Å². The number of aromatic nitrogens is 1. The molecule has 2 aliphatic rings. The lowest BCUT2D eigenvalue weighted by Crippen LogP contribution is -2.56. The first-order valence-corrected chi connectivity index (χ1v) is 9.97. The number of nitrogens with one attached hydrogen (secondary N) is 1. The summed E-state index contributed by atoms with van der Waals surface area (Å²) in [5, 5.41) is 19.4. The fourth-order valence-corrected chi connectivity index (χ4v) is 4.47. The van der Waals surface area contributed by atoms with Crippen molar-refractivity contribution in [1.82, 2.24) is 14.8 Å². The Kier molecular flexibility index (Phi) is 8.31. The zero-order valence-electron chi connectivity index (χ0n) is 17.3. The van der Waals surface area contributed by atoms with Crippen LogP contribution in [0.1, 0.15) is 43.8 Å². The Morgan fingerprint density at radius 1 is 1.32 bits per heavy atom. The first-order valence-electron chi connectivity index (χ1n) is 9.97. The molecule has 3 amide bonds. The Hall–Kier alpha value is -3.21. The van der Waals surface area contributed by atoms with E-state index in [2.05, 4.69) is 5.32 Å². The second kappa shape index (κ2) is 10.7. The Labute approximate surface area is 178 Å². The van der Waals surface area contributed by atoms with Gasteiger partial charge in [-0.3, -0.25) is 24.0 Å². The summed E-state index contributed by atoms with van der Waals surface area (Å²) in [4.78, 5) is 58.1. The number of piperidine rings is 1. The summed E-state index contributed by atoms with van der Waals surface area (Å²) in [6.45, 7) is 1.69. The van der Waals surface area contributed by atoms with Gasteiger partial charge in [-0.2, -0.15) is 0 Å². The molecular formula is C20H28N4O7. The fourth-order valence-electron chi connectivity index (χ4n) is 4.47. The minimum absolute atomic E-state index is 0.00508. The Balaban J connectivity index is 0.00000107. The largest absolute Gasteiger partial charge is 0.483 e. The molecule has 1 fully saturated rings. The highest BCUT2D eigenvalue weighted by Crippen LogP contribution is 2.40. The van der Waals surface area contributed by atoms with Crippen LogP contribution in [0.25, 0.3) is 0 Å². The molecule has 170 valence electrons. The van der Waals surface area contributed by atoms with Crippen LogP contribution >= 0.6 is 0 Å². The zero-order chi connectivity index (χ0) is 23.1.